The molecule has 0 unspecified atom stereocenters. The summed E-state index contributed by atoms with van der Waals surface area (Å²) in [5, 5.41) is 14.6. The Bertz CT molecular complexity index is 943. The van der Waals surface area contributed by atoms with E-state index in [1.54, 1.807) is 6.20 Å². The van der Waals surface area contributed by atoms with Crippen molar-refractivity contribution in [1.82, 2.24) is 30.2 Å². The second-order valence-corrected chi connectivity index (χ2v) is 4.68. The summed E-state index contributed by atoms with van der Waals surface area (Å²) in [5.41, 5.74) is 2.38. The Kier molecular flexibility index (Phi) is 2.50. The summed E-state index contributed by atoms with van der Waals surface area (Å²) in [6.07, 6.45) is 1.73. The minimum atomic E-state index is -0.155. The average molecular weight is 278 g/mol. The van der Waals surface area contributed by atoms with Crippen LogP contribution in [0, 0.1) is 0 Å². The highest BCUT2D eigenvalue weighted by Crippen LogP contribution is 2.28. The van der Waals surface area contributed by atoms with E-state index in [0.717, 1.165) is 16.5 Å². The molecule has 3 heterocycles. The van der Waals surface area contributed by atoms with Gasteiger partial charge in [-0.05, 0) is 12.1 Å². The normalized spacial score (nSPS) is 11.2. The van der Waals surface area contributed by atoms with E-state index in [4.69, 9.17) is 0 Å². The van der Waals surface area contributed by atoms with Crippen LogP contribution in [0.1, 0.15) is 5.82 Å². The van der Waals surface area contributed by atoms with E-state index in [1.807, 2.05) is 30.3 Å². The predicted molar refractivity (Wildman–Crippen MR) is 75.9 cm³/mol. The third-order valence-corrected chi connectivity index (χ3v) is 3.38. The van der Waals surface area contributed by atoms with E-state index >= 15 is 0 Å². The molecule has 0 saturated heterocycles. The first-order valence-corrected chi connectivity index (χ1v) is 6.42. The van der Waals surface area contributed by atoms with Crippen LogP contribution in [0.5, 0.6) is 0 Å². The fourth-order valence-corrected chi connectivity index (χ4v) is 2.38. The molecule has 7 heteroatoms. The number of tetrazole rings is 1. The second-order valence-electron chi connectivity index (χ2n) is 4.68. The topological polar surface area (TPSA) is 89.4 Å². The summed E-state index contributed by atoms with van der Waals surface area (Å²) in [5.74, 6) is 0.459. The lowest BCUT2D eigenvalue weighted by Gasteiger charge is -1.96. The van der Waals surface area contributed by atoms with Gasteiger partial charge in [-0.25, -0.2) is 4.98 Å². The van der Waals surface area contributed by atoms with Gasteiger partial charge in [0.05, 0.1) is 17.8 Å². The number of rotatable bonds is 2. The monoisotopic (exact) mass is 278 g/mol. The molecular formula is C14H10N6O. The Labute approximate surface area is 118 Å². The largest absolute Gasteiger partial charge is 0.308 e. The van der Waals surface area contributed by atoms with Gasteiger partial charge >= 0.3 is 0 Å². The summed E-state index contributed by atoms with van der Waals surface area (Å²) < 4.78 is 1.53. The van der Waals surface area contributed by atoms with Gasteiger partial charge in [0.25, 0.3) is 5.56 Å². The standard InChI is InChI=1S/C14H10N6O/c21-14-7-12-10(9-3-1-2-4-11(9)15-12)5-6-20(14)8-13-16-18-19-17-13/h1-7H,8H2,(H,16,17,18,19). The lowest BCUT2D eigenvalue weighted by atomic mass is 10.1. The first kappa shape index (κ1) is 11.7. The van der Waals surface area contributed by atoms with Crippen molar-refractivity contribution >= 4 is 10.9 Å². The number of hydrogen-bond donors (Lipinski definition) is 1. The zero-order chi connectivity index (χ0) is 14.2. The summed E-state index contributed by atoms with van der Waals surface area (Å²) in [4.78, 5) is 16.8. The van der Waals surface area contributed by atoms with E-state index < -0.39 is 0 Å². The Morgan fingerprint density at radius 1 is 1.19 bits per heavy atom. The molecule has 0 radical (unpaired) electrons. The number of H-pyrrole nitrogens is 1. The number of para-hydroxylation sites is 1. The summed E-state index contributed by atoms with van der Waals surface area (Å²) >= 11 is 0. The van der Waals surface area contributed by atoms with Crippen LogP contribution in [0.15, 0.2) is 47.4 Å². The molecule has 2 aromatic rings. The van der Waals surface area contributed by atoms with Gasteiger partial charge in [-0.15, -0.1) is 10.2 Å². The van der Waals surface area contributed by atoms with E-state index in [2.05, 4.69) is 25.6 Å². The maximum Gasteiger partial charge on any atom is 0.253 e. The van der Waals surface area contributed by atoms with Gasteiger partial charge in [0.15, 0.2) is 5.82 Å². The highest BCUT2D eigenvalue weighted by Gasteiger charge is 2.11. The molecule has 1 aromatic carbocycles. The molecule has 2 aliphatic rings. The van der Waals surface area contributed by atoms with Crippen molar-refractivity contribution in [2.24, 2.45) is 0 Å². The molecule has 0 aliphatic carbocycles. The van der Waals surface area contributed by atoms with Crippen molar-refractivity contribution in [3.8, 4) is 11.3 Å². The number of benzene rings is 1. The summed E-state index contributed by atoms with van der Waals surface area (Å²) in [6, 6.07) is 11.3. The fourth-order valence-electron chi connectivity index (χ4n) is 2.38. The zero-order valence-corrected chi connectivity index (χ0v) is 10.9. The van der Waals surface area contributed by atoms with Crippen LogP contribution in [-0.2, 0) is 6.54 Å². The molecule has 7 nitrogen and oxygen atoms in total. The van der Waals surface area contributed by atoms with Gasteiger partial charge in [-0.1, -0.05) is 23.4 Å². The van der Waals surface area contributed by atoms with Crippen LogP contribution in [0.2, 0.25) is 0 Å². The van der Waals surface area contributed by atoms with Crippen LogP contribution in [-0.4, -0.2) is 30.2 Å². The van der Waals surface area contributed by atoms with E-state index in [-0.39, 0.29) is 12.1 Å². The first-order chi connectivity index (χ1) is 10.3. The quantitative estimate of drug-likeness (QED) is 0.592. The minimum Gasteiger partial charge on any atom is -0.308 e. The molecule has 0 bridgehead atoms. The zero-order valence-electron chi connectivity index (χ0n) is 10.9. The molecule has 1 N–H and O–H groups in total. The molecule has 0 atom stereocenters. The van der Waals surface area contributed by atoms with E-state index in [9.17, 15) is 4.79 Å². The maximum absolute atomic E-state index is 12.3. The molecule has 0 amide bonds. The number of nitrogens with zero attached hydrogens (tertiary/aromatic N) is 5. The Balaban J connectivity index is 1.91. The van der Waals surface area contributed by atoms with Gasteiger partial charge in [-0.3, -0.25) is 4.79 Å². The maximum atomic E-state index is 12.3. The molecule has 21 heavy (non-hydrogen) atoms. The fraction of sp³-hybridized carbons (Fsp3) is 0.0714. The van der Waals surface area contributed by atoms with Gasteiger partial charge < -0.3 is 4.57 Å². The van der Waals surface area contributed by atoms with Crippen LogP contribution in [0.3, 0.4) is 0 Å². The van der Waals surface area contributed by atoms with Crippen molar-refractivity contribution < 1.29 is 0 Å². The molecule has 102 valence electrons. The van der Waals surface area contributed by atoms with Crippen LogP contribution in [0.25, 0.3) is 22.2 Å². The first-order valence-electron chi connectivity index (χ1n) is 6.42. The Hall–Kier alpha value is -3.09. The number of aromatic amines is 1. The molecule has 2 aliphatic heterocycles. The minimum absolute atomic E-state index is 0.155. The van der Waals surface area contributed by atoms with Gasteiger partial charge in [0, 0.05) is 23.2 Å². The van der Waals surface area contributed by atoms with Gasteiger partial charge in [0.1, 0.15) is 0 Å². The molecule has 1 aromatic heterocycles. The highest BCUT2D eigenvalue weighted by molar-refractivity contribution is 5.96. The van der Waals surface area contributed by atoms with Crippen molar-refractivity contribution in [3.63, 3.8) is 0 Å². The summed E-state index contributed by atoms with van der Waals surface area (Å²) in [6.45, 7) is 0.268. The SMILES string of the molecule is O=c1cc2nc3ccccc3c-2ccn1Cc1nn[nH]n1. The highest BCUT2D eigenvalue weighted by atomic mass is 16.1. The van der Waals surface area contributed by atoms with E-state index in [0.29, 0.717) is 11.5 Å². The summed E-state index contributed by atoms with van der Waals surface area (Å²) in [7, 11) is 0. The van der Waals surface area contributed by atoms with Crippen LogP contribution in [0.4, 0.5) is 0 Å². The van der Waals surface area contributed by atoms with Crippen LogP contribution < -0.4 is 5.56 Å². The number of aromatic nitrogens is 6. The lowest BCUT2D eigenvalue weighted by molar-refractivity contribution is 0.721. The molecule has 0 spiro atoms. The number of nitrogens with one attached hydrogen (secondary N) is 1. The molecular weight excluding hydrogens is 268 g/mol. The van der Waals surface area contributed by atoms with Gasteiger partial charge in [-0.2, -0.15) is 5.21 Å². The number of fused-ring (bicyclic) bond motifs is 3. The molecule has 0 saturated carbocycles. The Morgan fingerprint density at radius 3 is 2.95 bits per heavy atom. The lowest BCUT2D eigenvalue weighted by Crippen LogP contribution is -2.17. The van der Waals surface area contributed by atoms with Crippen molar-refractivity contribution in [2.45, 2.75) is 6.54 Å². The predicted octanol–water partition coefficient (Wildman–Crippen LogP) is 1.06. The average Bonchev–Trinajstić information content (AvgIpc) is 3.07. The Morgan fingerprint density at radius 2 is 2.10 bits per heavy atom. The smallest absolute Gasteiger partial charge is 0.253 e. The van der Waals surface area contributed by atoms with Crippen molar-refractivity contribution in [2.75, 3.05) is 0 Å². The number of hydrogen-bond acceptors (Lipinski definition) is 5. The van der Waals surface area contributed by atoms with Crippen LogP contribution >= 0.6 is 0 Å². The molecule has 4 rings (SSSR count). The third kappa shape index (κ3) is 1.95. The van der Waals surface area contributed by atoms with Crippen molar-refractivity contribution in [1.29, 1.82) is 0 Å². The second kappa shape index (κ2) is 4.48. The van der Waals surface area contributed by atoms with Gasteiger partial charge in [0.2, 0.25) is 0 Å². The van der Waals surface area contributed by atoms with Crippen molar-refractivity contribution in [3.05, 3.63) is 58.8 Å². The van der Waals surface area contributed by atoms with E-state index in [1.165, 1.54) is 10.6 Å². The third-order valence-electron chi connectivity index (χ3n) is 3.38. The molecule has 0 fully saturated rings.